The van der Waals surface area contributed by atoms with Gasteiger partial charge >= 0.3 is 0 Å². The first kappa shape index (κ1) is 14.2. The predicted octanol–water partition coefficient (Wildman–Crippen LogP) is 5.99. The van der Waals surface area contributed by atoms with Crippen LogP contribution < -0.4 is 0 Å². The highest BCUT2D eigenvalue weighted by Crippen LogP contribution is 2.52. The predicted molar refractivity (Wildman–Crippen MR) is 87.2 cm³/mol. The maximum absolute atomic E-state index is 2.46. The normalized spacial score (nSPS) is 23.4. The Hall–Kier alpha value is -0.780. The fourth-order valence-corrected chi connectivity index (χ4v) is 4.72. The fourth-order valence-electron chi connectivity index (χ4n) is 4.72. The van der Waals surface area contributed by atoms with E-state index in [2.05, 4.69) is 45.0 Å². The molecular formula is C20H30. The standard InChI is InChI=1S/C20H30/c1-19(2,3)16-10-12-18(13-11-16)20(14-6-7-15-20)17-8-4-5-9-17/h10-13,17H,4-9,14-15H2,1-3H3. The first-order valence-electron chi connectivity index (χ1n) is 8.63. The third-order valence-electron chi connectivity index (χ3n) is 5.96. The molecule has 1 aromatic rings. The number of hydrogen-bond acceptors (Lipinski definition) is 0. The zero-order valence-corrected chi connectivity index (χ0v) is 13.5. The molecule has 0 saturated heterocycles. The molecule has 0 N–H and O–H groups in total. The highest BCUT2D eigenvalue weighted by molar-refractivity contribution is 5.34. The lowest BCUT2D eigenvalue weighted by molar-refractivity contribution is 0.276. The van der Waals surface area contributed by atoms with Gasteiger partial charge in [0.05, 0.1) is 0 Å². The summed E-state index contributed by atoms with van der Waals surface area (Å²) in [4.78, 5) is 0. The molecule has 2 fully saturated rings. The summed E-state index contributed by atoms with van der Waals surface area (Å²) in [5.74, 6) is 0.963. The highest BCUT2D eigenvalue weighted by atomic mass is 14.5. The van der Waals surface area contributed by atoms with E-state index in [4.69, 9.17) is 0 Å². The zero-order valence-electron chi connectivity index (χ0n) is 13.5. The van der Waals surface area contributed by atoms with E-state index in [0.29, 0.717) is 5.41 Å². The zero-order chi connectivity index (χ0) is 14.2. The molecule has 2 aliphatic carbocycles. The van der Waals surface area contributed by atoms with E-state index in [1.54, 1.807) is 5.56 Å². The topological polar surface area (TPSA) is 0 Å². The van der Waals surface area contributed by atoms with Crippen molar-refractivity contribution < 1.29 is 0 Å². The lowest BCUT2D eigenvalue weighted by Gasteiger charge is -2.36. The molecule has 0 heterocycles. The van der Waals surface area contributed by atoms with Crippen LogP contribution in [0.2, 0.25) is 0 Å². The van der Waals surface area contributed by atoms with Gasteiger partial charge in [-0.05, 0) is 53.6 Å². The fraction of sp³-hybridized carbons (Fsp3) is 0.700. The molecule has 1 aromatic carbocycles. The quantitative estimate of drug-likeness (QED) is 0.619. The largest absolute Gasteiger partial charge is 0.0582 e. The molecule has 0 spiro atoms. The summed E-state index contributed by atoms with van der Waals surface area (Å²) >= 11 is 0. The van der Waals surface area contributed by atoms with Crippen LogP contribution in [0.3, 0.4) is 0 Å². The molecule has 0 bridgehead atoms. The van der Waals surface area contributed by atoms with Gasteiger partial charge in [0.2, 0.25) is 0 Å². The molecule has 0 heteroatoms. The Morgan fingerprint density at radius 3 is 1.90 bits per heavy atom. The summed E-state index contributed by atoms with van der Waals surface area (Å²) in [5, 5.41) is 0. The third kappa shape index (κ3) is 2.43. The van der Waals surface area contributed by atoms with E-state index >= 15 is 0 Å². The van der Waals surface area contributed by atoms with Gasteiger partial charge in [-0.2, -0.15) is 0 Å². The SMILES string of the molecule is CC(C)(C)c1ccc(C2(C3CCCC3)CCCC2)cc1. The van der Waals surface area contributed by atoms with Crippen molar-refractivity contribution in [1.82, 2.24) is 0 Å². The molecule has 0 aliphatic heterocycles. The second-order valence-corrected chi connectivity index (χ2v) is 8.17. The number of hydrogen-bond donors (Lipinski definition) is 0. The van der Waals surface area contributed by atoms with Crippen molar-refractivity contribution in [3.05, 3.63) is 35.4 Å². The molecule has 110 valence electrons. The van der Waals surface area contributed by atoms with Crippen molar-refractivity contribution in [3.8, 4) is 0 Å². The van der Waals surface area contributed by atoms with E-state index in [1.807, 2.05) is 0 Å². The summed E-state index contributed by atoms with van der Waals surface area (Å²) in [6.07, 6.45) is 11.6. The Labute approximate surface area is 125 Å². The van der Waals surface area contributed by atoms with Gasteiger partial charge in [0.15, 0.2) is 0 Å². The Morgan fingerprint density at radius 2 is 1.40 bits per heavy atom. The van der Waals surface area contributed by atoms with Gasteiger partial charge < -0.3 is 0 Å². The smallest absolute Gasteiger partial charge is 0.00187 e. The van der Waals surface area contributed by atoms with Crippen LogP contribution in [0.25, 0.3) is 0 Å². The maximum Gasteiger partial charge on any atom is -0.00187 e. The first-order valence-corrected chi connectivity index (χ1v) is 8.63. The molecule has 0 atom stereocenters. The Balaban J connectivity index is 1.92. The van der Waals surface area contributed by atoms with Crippen molar-refractivity contribution in [2.24, 2.45) is 5.92 Å². The van der Waals surface area contributed by atoms with Gasteiger partial charge in [-0.1, -0.05) is 70.7 Å². The van der Waals surface area contributed by atoms with E-state index in [-0.39, 0.29) is 5.41 Å². The van der Waals surface area contributed by atoms with Crippen LogP contribution in [-0.2, 0) is 10.8 Å². The molecule has 0 unspecified atom stereocenters. The molecule has 0 amide bonds. The average molecular weight is 270 g/mol. The summed E-state index contributed by atoms with van der Waals surface area (Å²) in [5.41, 5.74) is 3.93. The monoisotopic (exact) mass is 270 g/mol. The van der Waals surface area contributed by atoms with Gasteiger partial charge in [-0.3, -0.25) is 0 Å². The van der Waals surface area contributed by atoms with Crippen molar-refractivity contribution in [3.63, 3.8) is 0 Å². The van der Waals surface area contributed by atoms with Crippen molar-refractivity contribution >= 4 is 0 Å². The maximum atomic E-state index is 2.46. The molecule has 0 aromatic heterocycles. The van der Waals surface area contributed by atoms with E-state index < -0.39 is 0 Å². The van der Waals surface area contributed by atoms with Crippen LogP contribution in [0.15, 0.2) is 24.3 Å². The van der Waals surface area contributed by atoms with Crippen LogP contribution in [0.1, 0.15) is 83.3 Å². The van der Waals surface area contributed by atoms with Crippen LogP contribution >= 0.6 is 0 Å². The van der Waals surface area contributed by atoms with E-state index in [0.717, 1.165) is 5.92 Å². The number of benzene rings is 1. The van der Waals surface area contributed by atoms with Crippen LogP contribution in [0, 0.1) is 5.92 Å². The van der Waals surface area contributed by atoms with Gasteiger partial charge in [0.1, 0.15) is 0 Å². The molecule has 0 radical (unpaired) electrons. The number of rotatable bonds is 2. The average Bonchev–Trinajstić information content (AvgIpc) is 3.10. The van der Waals surface area contributed by atoms with Crippen molar-refractivity contribution in [2.45, 2.75) is 83.0 Å². The van der Waals surface area contributed by atoms with Gasteiger partial charge in [0, 0.05) is 0 Å². The van der Waals surface area contributed by atoms with E-state index in [9.17, 15) is 0 Å². The van der Waals surface area contributed by atoms with Gasteiger partial charge in [0.25, 0.3) is 0 Å². The lowest BCUT2D eigenvalue weighted by Crippen LogP contribution is -2.31. The van der Waals surface area contributed by atoms with Crippen LogP contribution in [0.5, 0.6) is 0 Å². The second kappa shape index (κ2) is 5.20. The Bertz CT molecular complexity index is 434. The lowest BCUT2D eigenvalue weighted by atomic mass is 9.68. The van der Waals surface area contributed by atoms with Crippen LogP contribution in [0.4, 0.5) is 0 Å². The minimum atomic E-state index is 0.273. The van der Waals surface area contributed by atoms with E-state index in [1.165, 1.54) is 56.9 Å². The minimum absolute atomic E-state index is 0.273. The molecule has 0 nitrogen and oxygen atoms in total. The summed E-state index contributed by atoms with van der Waals surface area (Å²) in [7, 11) is 0. The molecular weight excluding hydrogens is 240 g/mol. The minimum Gasteiger partial charge on any atom is -0.0582 e. The summed E-state index contributed by atoms with van der Waals surface area (Å²) < 4.78 is 0. The molecule has 3 rings (SSSR count). The van der Waals surface area contributed by atoms with Gasteiger partial charge in [-0.25, -0.2) is 0 Å². The molecule has 2 saturated carbocycles. The van der Waals surface area contributed by atoms with Gasteiger partial charge in [-0.15, -0.1) is 0 Å². The third-order valence-corrected chi connectivity index (χ3v) is 5.96. The summed E-state index contributed by atoms with van der Waals surface area (Å²) in [6, 6.07) is 9.71. The highest BCUT2D eigenvalue weighted by Gasteiger charge is 2.43. The summed E-state index contributed by atoms with van der Waals surface area (Å²) in [6.45, 7) is 6.93. The second-order valence-electron chi connectivity index (χ2n) is 8.17. The Kier molecular flexibility index (Phi) is 3.69. The Morgan fingerprint density at radius 1 is 0.850 bits per heavy atom. The first-order chi connectivity index (χ1) is 9.52. The van der Waals surface area contributed by atoms with Crippen molar-refractivity contribution in [1.29, 1.82) is 0 Å². The molecule has 2 aliphatic rings. The molecule has 20 heavy (non-hydrogen) atoms. The van der Waals surface area contributed by atoms with Crippen molar-refractivity contribution in [2.75, 3.05) is 0 Å². The van der Waals surface area contributed by atoms with Crippen LogP contribution in [-0.4, -0.2) is 0 Å².